The summed E-state index contributed by atoms with van der Waals surface area (Å²) in [7, 11) is 1.84. The lowest BCUT2D eigenvalue weighted by Crippen LogP contribution is -2.44. The summed E-state index contributed by atoms with van der Waals surface area (Å²) in [4.78, 5) is 26.1. The minimum atomic E-state index is -0.695. The van der Waals surface area contributed by atoms with Crippen LogP contribution in [0.15, 0.2) is 11.6 Å². The number of rotatable bonds is 4. The van der Waals surface area contributed by atoms with Crippen LogP contribution in [0.3, 0.4) is 0 Å². The zero-order chi connectivity index (χ0) is 15.9. The van der Waals surface area contributed by atoms with Gasteiger partial charge in [0.05, 0.1) is 0 Å². The van der Waals surface area contributed by atoms with Gasteiger partial charge in [-0.15, -0.1) is 0 Å². The first kappa shape index (κ1) is 17.0. The predicted molar refractivity (Wildman–Crippen MR) is 86.4 cm³/mol. The molecule has 0 aromatic heterocycles. The SMILES string of the molecule is CC(OC(=O)C=C1CCCCC1)C(=O)N(C)C1CCCCC1. The van der Waals surface area contributed by atoms with Crippen LogP contribution in [0.25, 0.3) is 0 Å². The molecule has 0 radical (unpaired) electrons. The van der Waals surface area contributed by atoms with E-state index >= 15 is 0 Å². The third-order valence-corrected chi connectivity index (χ3v) is 4.93. The molecule has 1 unspecified atom stereocenters. The fraction of sp³-hybridized carbons (Fsp3) is 0.778. The van der Waals surface area contributed by atoms with E-state index in [1.165, 1.54) is 25.7 Å². The van der Waals surface area contributed by atoms with Crippen LogP contribution < -0.4 is 0 Å². The summed E-state index contributed by atoms with van der Waals surface area (Å²) >= 11 is 0. The van der Waals surface area contributed by atoms with Gasteiger partial charge in [-0.3, -0.25) is 4.79 Å². The van der Waals surface area contributed by atoms with Gasteiger partial charge in [0.1, 0.15) is 0 Å². The number of ether oxygens (including phenoxy) is 1. The van der Waals surface area contributed by atoms with E-state index in [-0.39, 0.29) is 11.9 Å². The van der Waals surface area contributed by atoms with Gasteiger partial charge in [0, 0.05) is 19.2 Å². The molecule has 0 heterocycles. The van der Waals surface area contributed by atoms with Crippen LogP contribution in [0.5, 0.6) is 0 Å². The van der Waals surface area contributed by atoms with Crippen molar-refractivity contribution in [1.29, 1.82) is 0 Å². The fourth-order valence-electron chi connectivity index (χ4n) is 3.51. The monoisotopic (exact) mass is 307 g/mol. The van der Waals surface area contributed by atoms with Gasteiger partial charge in [0.15, 0.2) is 6.10 Å². The van der Waals surface area contributed by atoms with E-state index in [0.717, 1.165) is 44.1 Å². The minimum Gasteiger partial charge on any atom is -0.449 e. The standard InChI is InChI=1S/C18H29NO3/c1-14(18(21)19(2)16-11-7-4-8-12-16)22-17(20)13-15-9-5-3-6-10-15/h13-14,16H,3-12H2,1-2H3. The highest BCUT2D eigenvalue weighted by Crippen LogP contribution is 2.24. The molecule has 2 aliphatic rings. The van der Waals surface area contributed by atoms with E-state index in [2.05, 4.69) is 0 Å². The second-order valence-electron chi connectivity index (χ2n) is 6.68. The molecule has 0 aliphatic heterocycles. The van der Waals surface area contributed by atoms with Crippen molar-refractivity contribution in [3.8, 4) is 0 Å². The molecule has 22 heavy (non-hydrogen) atoms. The van der Waals surface area contributed by atoms with E-state index in [1.807, 2.05) is 7.05 Å². The second-order valence-corrected chi connectivity index (χ2v) is 6.68. The summed E-state index contributed by atoms with van der Waals surface area (Å²) in [5.41, 5.74) is 1.16. The number of likely N-dealkylation sites (N-methyl/N-ethyl adjacent to an activating group) is 1. The molecule has 0 aromatic carbocycles. The number of nitrogens with zero attached hydrogens (tertiary/aromatic N) is 1. The molecule has 1 amide bonds. The summed E-state index contributed by atoms with van der Waals surface area (Å²) < 4.78 is 5.32. The van der Waals surface area contributed by atoms with Crippen LogP contribution in [0.2, 0.25) is 0 Å². The maximum Gasteiger partial charge on any atom is 0.331 e. The van der Waals surface area contributed by atoms with Gasteiger partial charge in [0.2, 0.25) is 0 Å². The molecule has 0 saturated heterocycles. The smallest absolute Gasteiger partial charge is 0.331 e. The van der Waals surface area contributed by atoms with E-state index in [1.54, 1.807) is 17.9 Å². The Morgan fingerprint density at radius 1 is 1.09 bits per heavy atom. The molecule has 0 bridgehead atoms. The van der Waals surface area contributed by atoms with Crippen molar-refractivity contribution in [1.82, 2.24) is 4.90 Å². The third kappa shape index (κ3) is 4.85. The van der Waals surface area contributed by atoms with Gasteiger partial charge >= 0.3 is 5.97 Å². The average Bonchev–Trinajstić information content (AvgIpc) is 2.55. The van der Waals surface area contributed by atoms with Crippen LogP contribution in [0, 0.1) is 0 Å². The Hall–Kier alpha value is -1.32. The second kappa shape index (κ2) is 8.35. The highest BCUT2D eigenvalue weighted by Gasteiger charge is 2.27. The first-order chi connectivity index (χ1) is 10.6. The Bertz CT molecular complexity index is 416. The number of carbonyl (C=O) groups excluding carboxylic acids is 2. The summed E-state index contributed by atoms with van der Waals surface area (Å²) in [6.07, 6.45) is 12.2. The molecule has 124 valence electrons. The van der Waals surface area contributed by atoms with E-state index in [4.69, 9.17) is 4.74 Å². The molecule has 2 aliphatic carbocycles. The maximum absolute atomic E-state index is 12.4. The van der Waals surface area contributed by atoms with Crippen LogP contribution in [0.4, 0.5) is 0 Å². The van der Waals surface area contributed by atoms with Gasteiger partial charge < -0.3 is 9.64 Å². The first-order valence-electron chi connectivity index (χ1n) is 8.74. The van der Waals surface area contributed by atoms with Crippen LogP contribution in [0.1, 0.15) is 71.1 Å². The fourth-order valence-corrected chi connectivity index (χ4v) is 3.51. The van der Waals surface area contributed by atoms with Crippen molar-refractivity contribution >= 4 is 11.9 Å². The van der Waals surface area contributed by atoms with E-state index in [0.29, 0.717) is 6.04 Å². The quantitative estimate of drug-likeness (QED) is 0.589. The molecule has 0 aromatic rings. The maximum atomic E-state index is 12.4. The molecule has 4 heteroatoms. The summed E-state index contributed by atoms with van der Waals surface area (Å²) in [6.45, 7) is 1.68. The molecule has 0 spiro atoms. The first-order valence-corrected chi connectivity index (χ1v) is 8.74. The van der Waals surface area contributed by atoms with Gasteiger partial charge in [-0.25, -0.2) is 4.79 Å². The van der Waals surface area contributed by atoms with Crippen LogP contribution >= 0.6 is 0 Å². The summed E-state index contributed by atoms with van der Waals surface area (Å²) in [5, 5.41) is 0. The Labute approximate surface area is 133 Å². The van der Waals surface area contributed by atoms with Crippen LogP contribution in [-0.2, 0) is 14.3 Å². The molecule has 1 atom stereocenters. The van der Waals surface area contributed by atoms with Gasteiger partial charge in [-0.05, 0) is 45.4 Å². The van der Waals surface area contributed by atoms with Gasteiger partial charge in [-0.1, -0.05) is 31.3 Å². The van der Waals surface area contributed by atoms with Crippen molar-refractivity contribution in [3.63, 3.8) is 0 Å². The van der Waals surface area contributed by atoms with Crippen molar-refractivity contribution in [2.45, 2.75) is 83.3 Å². The average molecular weight is 307 g/mol. The molecule has 0 N–H and O–H groups in total. The lowest BCUT2D eigenvalue weighted by molar-refractivity contribution is -0.156. The third-order valence-electron chi connectivity index (χ3n) is 4.93. The molecule has 4 nitrogen and oxygen atoms in total. The van der Waals surface area contributed by atoms with Crippen molar-refractivity contribution in [2.75, 3.05) is 7.05 Å². The lowest BCUT2D eigenvalue weighted by atomic mass is 9.94. The Balaban J connectivity index is 1.83. The topological polar surface area (TPSA) is 46.6 Å². The van der Waals surface area contributed by atoms with Crippen molar-refractivity contribution in [3.05, 3.63) is 11.6 Å². The normalized spacial score (nSPS) is 21.1. The van der Waals surface area contributed by atoms with Crippen LogP contribution in [-0.4, -0.2) is 36.0 Å². The highest BCUT2D eigenvalue weighted by molar-refractivity contribution is 5.87. The Kier molecular flexibility index (Phi) is 6.47. The number of hydrogen-bond acceptors (Lipinski definition) is 3. The molecular weight excluding hydrogens is 278 g/mol. The molecule has 2 rings (SSSR count). The number of carbonyl (C=O) groups is 2. The van der Waals surface area contributed by atoms with Crippen molar-refractivity contribution in [2.24, 2.45) is 0 Å². The van der Waals surface area contributed by atoms with Gasteiger partial charge in [0.25, 0.3) is 5.91 Å². The molecule has 2 fully saturated rings. The number of hydrogen-bond donors (Lipinski definition) is 0. The number of amides is 1. The van der Waals surface area contributed by atoms with Gasteiger partial charge in [-0.2, -0.15) is 0 Å². The molecule has 2 saturated carbocycles. The predicted octanol–water partition coefficient (Wildman–Crippen LogP) is 3.60. The highest BCUT2D eigenvalue weighted by atomic mass is 16.5. The minimum absolute atomic E-state index is 0.0812. The Morgan fingerprint density at radius 2 is 1.68 bits per heavy atom. The zero-order valence-corrected chi connectivity index (χ0v) is 14.0. The van der Waals surface area contributed by atoms with E-state index in [9.17, 15) is 9.59 Å². The zero-order valence-electron chi connectivity index (χ0n) is 14.0. The summed E-state index contributed by atoms with van der Waals surface area (Å²) in [5.74, 6) is -0.447. The number of allylic oxidation sites excluding steroid dienone is 1. The Morgan fingerprint density at radius 3 is 2.32 bits per heavy atom. The van der Waals surface area contributed by atoms with E-state index < -0.39 is 6.10 Å². The number of esters is 1. The summed E-state index contributed by atoms with van der Waals surface area (Å²) in [6, 6.07) is 0.305. The lowest BCUT2D eigenvalue weighted by Gasteiger charge is -2.32. The molecular formula is C18H29NO3. The largest absolute Gasteiger partial charge is 0.449 e. The van der Waals surface area contributed by atoms with Crippen molar-refractivity contribution < 1.29 is 14.3 Å².